The predicted octanol–water partition coefficient (Wildman–Crippen LogP) is 1.72. The summed E-state index contributed by atoms with van der Waals surface area (Å²) in [6.45, 7) is 3.24. The van der Waals surface area contributed by atoms with Crippen LogP contribution in [0, 0.1) is 11.3 Å². The van der Waals surface area contributed by atoms with Crippen LogP contribution in [0.5, 0.6) is 0 Å². The Kier molecular flexibility index (Phi) is 3.84. The van der Waals surface area contributed by atoms with Gasteiger partial charge in [0.15, 0.2) is 5.69 Å². The van der Waals surface area contributed by atoms with Gasteiger partial charge in [-0.05, 0) is 18.2 Å². The summed E-state index contributed by atoms with van der Waals surface area (Å²) in [5.74, 6) is 1.53. The van der Waals surface area contributed by atoms with E-state index in [-0.39, 0.29) is 5.69 Å². The predicted molar refractivity (Wildman–Crippen MR) is 80.4 cm³/mol. The smallest absolute Gasteiger partial charge is 0.225 e. The van der Waals surface area contributed by atoms with Crippen molar-refractivity contribution in [3.05, 3.63) is 41.3 Å². The molecule has 21 heavy (non-hydrogen) atoms. The average Bonchev–Trinajstić information content (AvgIpc) is 2.56. The number of anilines is 2. The van der Waals surface area contributed by atoms with Gasteiger partial charge in [-0.3, -0.25) is 0 Å². The second-order valence-electron chi connectivity index (χ2n) is 4.63. The molecule has 0 unspecified atom stereocenters. The molecule has 0 atom stereocenters. The molecular weight excluding hydrogens is 288 g/mol. The van der Waals surface area contributed by atoms with Crippen molar-refractivity contribution in [1.82, 2.24) is 15.0 Å². The highest BCUT2D eigenvalue weighted by Crippen LogP contribution is 2.20. The summed E-state index contributed by atoms with van der Waals surface area (Å²) in [6.07, 6.45) is 3.49. The van der Waals surface area contributed by atoms with Gasteiger partial charge in [0.2, 0.25) is 5.95 Å². The van der Waals surface area contributed by atoms with E-state index < -0.39 is 0 Å². The fourth-order valence-corrected chi connectivity index (χ4v) is 2.42. The number of halogens is 1. The Hall–Kier alpha value is -2.39. The Morgan fingerprint density at radius 3 is 2.38 bits per heavy atom. The molecule has 3 rings (SSSR count). The summed E-state index contributed by atoms with van der Waals surface area (Å²) < 4.78 is 0. The summed E-state index contributed by atoms with van der Waals surface area (Å²) in [6, 6.07) is 7.38. The molecule has 0 N–H and O–H groups in total. The summed E-state index contributed by atoms with van der Waals surface area (Å²) in [5.41, 5.74) is 0.267. The molecule has 7 heteroatoms. The highest BCUT2D eigenvalue weighted by atomic mass is 35.5. The average molecular weight is 301 g/mol. The largest absolute Gasteiger partial charge is 0.353 e. The van der Waals surface area contributed by atoms with Gasteiger partial charge in [-0.25, -0.2) is 15.0 Å². The summed E-state index contributed by atoms with van der Waals surface area (Å²) >= 11 is 5.91. The van der Waals surface area contributed by atoms with E-state index in [1.54, 1.807) is 24.5 Å². The number of piperazine rings is 1. The van der Waals surface area contributed by atoms with Crippen LogP contribution in [0.1, 0.15) is 5.69 Å². The van der Waals surface area contributed by atoms with E-state index >= 15 is 0 Å². The first-order valence-corrected chi connectivity index (χ1v) is 6.99. The van der Waals surface area contributed by atoms with Gasteiger partial charge in [-0.2, -0.15) is 5.26 Å². The highest BCUT2D eigenvalue weighted by Gasteiger charge is 2.20. The monoisotopic (exact) mass is 300 g/mol. The number of pyridine rings is 1. The zero-order chi connectivity index (χ0) is 14.7. The van der Waals surface area contributed by atoms with E-state index in [0.29, 0.717) is 5.02 Å². The quantitative estimate of drug-likeness (QED) is 0.841. The van der Waals surface area contributed by atoms with Gasteiger partial charge in [0, 0.05) is 38.6 Å². The Morgan fingerprint density at radius 1 is 1.05 bits per heavy atom. The van der Waals surface area contributed by atoms with Crippen LogP contribution >= 0.6 is 11.6 Å². The van der Waals surface area contributed by atoms with E-state index in [1.165, 1.54) is 0 Å². The van der Waals surface area contributed by atoms with Gasteiger partial charge in [-0.15, -0.1) is 0 Å². The van der Waals surface area contributed by atoms with Crippen LogP contribution in [0.25, 0.3) is 0 Å². The molecule has 1 fully saturated rings. The number of hydrogen-bond acceptors (Lipinski definition) is 6. The van der Waals surface area contributed by atoms with Crippen molar-refractivity contribution in [3.63, 3.8) is 0 Å². The minimum atomic E-state index is 0.267. The summed E-state index contributed by atoms with van der Waals surface area (Å²) in [5, 5.41) is 9.38. The van der Waals surface area contributed by atoms with Crippen molar-refractivity contribution in [2.75, 3.05) is 36.0 Å². The molecule has 6 nitrogen and oxygen atoms in total. The first-order valence-electron chi connectivity index (χ1n) is 6.61. The fraction of sp³-hybridized carbons (Fsp3) is 0.286. The Morgan fingerprint density at radius 2 is 1.71 bits per heavy atom. The molecule has 106 valence electrons. The molecule has 3 heterocycles. The molecule has 1 aliphatic rings. The van der Waals surface area contributed by atoms with Crippen molar-refractivity contribution in [3.8, 4) is 6.07 Å². The van der Waals surface area contributed by atoms with Gasteiger partial charge in [0.1, 0.15) is 11.9 Å². The van der Waals surface area contributed by atoms with Crippen LogP contribution < -0.4 is 9.80 Å². The third kappa shape index (κ3) is 2.88. The van der Waals surface area contributed by atoms with E-state index in [0.717, 1.165) is 37.9 Å². The third-order valence-corrected chi connectivity index (χ3v) is 3.68. The molecule has 1 saturated heterocycles. The molecule has 0 bridgehead atoms. The van der Waals surface area contributed by atoms with E-state index in [9.17, 15) is 0 Å². The molecule has 0 radical (unpaired) electrons. The molecule has 2 aromatic heterocycles. The lowest BCUT2D eigenvalue weighted by atomic mass is 10.3. The van der Waals surface area contributed by atoms with Crippen molar-refractivity contribution in [1.29, 1.82) is 5.26 Å². The number of nitriles is 1. The number of nitrogens with zero attached hydrogens (tertiary/aromatic N) is 6. The number of rotatable bonds is 2. The van der Waals surface area contributed by atoms with Gasteiger partial charge < -0.3 is 9.80 Å². The van der Waals surface area contributed by atoms with Crippen LogP contribution in [0.15, 0.2) is 30.6 Å². The maximum absolute atomic E-state index is 8.99. The molecule has 0 saturated carbocycles. The summed E-state index contributed by atoms with van der Waals surface area (Å²) in [7, 11) is 0. The van der Waals surface area contributed by atoms with Crippen LogP contribution in [0.2, 0.25) is 5.02 Å². The van der Waals surface area contributed by atoms with E-state index in [2.05, 4.69) is 24.8 Å². The zero-order valence-corrected chi connectivity index (χ0v) is 12.0. The first kappa shape index (κ1) is 13.6. The van der Waals surface area contributed by atoms with Crippen LogP contribution in [0.4, 0.5) is 11.8 Å². The second-order valence-corrected chi connectivity index (χ2v) is 5.04. The van der Waals surface area contributed by atoms with Crippen molar-refractivity contribution < 1.29 is 0 Å². The lowest BCUT2D eigenvalue weighted by Crippen LogP contribution is -2.47. The fourth-order valence-electron chi connectivity index (χ4n) is 2.28. The Balaban J connectivity index is 1.70. The van der Waals surface area contributed by atoms with Crippen LogP contribution in [-0.4, -0.2) is 41.1 Å². The Labute approximate surface area is 127 Å². The minimum Gasteiger partial charge on any atom is -0.353 e. The molecule has 1 aliphatic heterocycles. The van der Waals surface area contributed by atoms with Crippen LogP contribution in [-0.2, 0) is 0 Å². The normalized spacial score (nSPS) is 14.9. The molecular formula is C14H13ClN6. The van der Waals surface area contributed by atoms with Gasteiger partial charge in [0.25, 0.3) is 0 Å². The number of aromatic nitrogens is 3. The molecule has 0 aromatic carbocycles. The lowest BCUT2D eigenvalue weighted by Gasteiger charge is -2.35. The number of hydrogen-bond donors (Lipinski definition) is 0. The molecule has 2 aromatic rings. The maximum Gasteiger partial charge on any atom is 0.225 e. The molecule has 0 aliphatic carbocycles. The minimum absolute atomic E-state index is 0.267. The maximum atomic E-state index is 8.99. The third-order valence-electron chi connectivity index (χ3n) is 3.38. The standard InChI is InChI=1S/C14H13ClN6/c15-11-2-3-13(19-12(11)10-16)20-6-8-21(9-7-20)14-17-4-1-5-18-14/h1-5H,6-9H2. The molecule has 0 amide bonds. The van der Waals surface area contributed by atoms with Gasteiger partial charge in [0.05, 0.1) is 5.02 Å². The topological polar surface area (TPSA) is 68.9 Å². The van der Waals surface area contributed by atoms with Crippen LogP contribution in [0.3, 0.4) is 0 Å². The van der Waals surface area contributed by atoms with Crippen molar-refractivity contribution in [2.24, 2.45) is 0 Å². The lowest BCUT2D eigenvalue weighted by molar-refractivity contribution is 0.634. The Bertz CT molecular complexity index is 661. The first-order chi connectivity index (χ1) is 10.3. The van der Waals surface area contributed by atoms with Crippen molar-refractivity contribution in [2.45, 2.75) is 0 Å². The van der Waals surface area contributed by atoms with Crippen molar-refractivity contribution >= 4 is 23.4 Å². The van der Waals surface area contributed by atoms with Gasteiger partial charge >= 0.3 is 0 Å². The van der Waals surface area contributed by atoms with E-state index in [1.807, 2.05) is 12.1 Å². The molecule has 0 spiro atoms. The van der Waals surface area contributed by atoms with Gasteiger partial charge in [-0.1, -0.05) is 11.6 Å². The highest BCUT2D eigenvalue weighted by molar-refractivity contribution is 6.31. The second kappa shape index (κ2) is 5.94. The SMILES string of the molecule is N#Cc1nc(N2CCN(c3ncccn3)CC2)ccc1Cl. The zero-order valence-electron chi connectivity index (χ0n) is 11.3. The summed E-state index contributed by atoms with van der Waals surface area (Å²) in [4.78, 5) is 17.1. The van der Waals surface area contributed by atoms with E-state index in [4.69, 9.17) is 16.9 Å².